The average Bonchev–Trinajstić information content (AvgIpc) is 3.13. The van der Waals surface area contributed by atoms with Crippen molar-refractivity contribution in [2.24, 2.45) is 5.92 Å². The van der Waals surface area contributed by atoms with Crippen molar-refractivity contribution in [1.29, 1.82) is 0 Å². The highest BCUT2D eigenvalue weighted by molar-refractivity contribution is 5.82. The lowest BCUT2D eigenvalue weighted by Crippen LogP contribution is -2.46. The zero-order valence-corrected chi connectivity index (χ0v) is 18.4. The maximum absolute atomic E-state index is 13.1. The van der Waals surface area contributed by atoms with Crippen LogP contribution in [0.3, 0.4) is 0 Å². The van der Waals surface area contributed by atoms with Crippen molar-refractivity contribution in [1.82, 2.24) is 19.8 Å². The molecule has 6 nitrogen and oxygen atoms in total. The van der Waals surface area contributed by atoms with Gasteiger partial charge in [-0.15, -0.1) is 0 Å². The molecule has 0 spiro atoms. The second kappa shape index (κ2) is 9.94. The topological polar surface area (TPSA) is 67.2 Å². The van der Waals surface area contributed by atoms with Gasteiger partial charge in [0.15, 0.2) is 0 Å². The van der Waals surface area contributed by atoms with Crippen molar-refractivity contribution < 1.29 is 14.0 Å². The van der Waals surface area contributed by atoms with Crippen LogP contribution in [-0.4, -0.2) is 45.9 Å². The van der Waals surface area contributed by atoms with E-state index in [0.29, 0.717) is 19.6 Å². The predicted octanol–water partition coefficient (Wildman–Crippen LogP) is 3.47. The molecule has 0 radical (unpaired) electrons. The molecule has 1 unspecified atom stereocenters. The van der Waals surface area contributed by atoms with E-state index in [0.717, 1.165) is 48.2 Å². The molecule has 2 amide bonds. The summed E-state index contributed by atoms with van der Waals surface area (Å²) in [6, 6.07) is 14.1. The standard InChI is InChI=1S/C25H29FN4O2/c1-18-28-22-7-2-3-8-23(22)30(18)15-5-13-27-25(32)20-6-4-14-29(17-20)24(31)16-19-9-11-21(26)12-10-19/h2-3,7-12,20H,4-6,13-17H2,1H3,(H,27,32). The fourth-order valence-electron chi connectivity index (χ4n) is 4.38. The third kappa shape index (κ3) is 5.15. The monoisotopic (exact) mass is 436 g/mol. The molecule has 168 valence electrons. The summed E-state index contributed by atoms with van der Waals surface area (Å²) in [6.07, 6.45) is 2.64. The fraction of sp³-hybridized carbons (Fsp3) is 0.400. The molecule has 1 aromatic heterocycles. The smallest absolute Gasteiger partial charge is 0.227 e. The predicted molar refractivity (Wildman–Crippen MR) is 122 cm³/mol. The van der Waals surface area contributed by atoms with Gasteiger partial charge in [-0.3, -0.25) is 9.59 Å². The van der Waals surface area contributed by atoms with E-state index < -0.39 is 0 Å². The van der Waals surface area contributed by atoms with Crippen LogP contribution in [0.15, 0.2) is 48.5 Å². The van der Waals surface area contributed by atoms with Crippen LogP contribution < -0.4 is 5.32 Å². The number of fused-ring (bicyclic) bond motifs is 1. The van der Waals surface area contributed by atoms with Gasteiger partial charge in [0.1, 0.15) is 11.6 Å². The van der Waals surface area contributed by atoms with Gasteiger partial charge in [0.05, 0.1) is 23.4 Å². The molecule has 1 saturated heterocycles. The summed E-state index contributed by atoms with van der Waals surface area (Å²) in [7, 11) is 0. The number of carbonyl (C=O) groups is 2. The first-order valence-electron chi connectivity index (χ1n) is 11.2. The maximum Gasteiger partial charge on any atom is 0.227 e. The Kier molecular flexibility index (Phi) is 6.83. The Morgan fingerprint density at radius 2 is 1.94 bits per heavy atom. The summed E-state index contributed by atoms with van der Waals surface area (Å²) >= 11 is 0. The third-order valence-electron chi connectivity index (χ3n) is 6.12. The molecule has 1 fully saturated rings. The lowest BCUT2D eigenvalue weighted by molar-refractivity contribution is -0.135. The van der Waals surface area contributed by atoms with Crippen molar-refractivity contribution in [2.45, 2.75) is 39.2 Å². The van der Waals surface area contributed by atoms with Crippen molar-refractivity contribution in [3.8, 4) is 0 Å². The zero-order chi connectivity index (χ0) is 22.5. The van der Waals surface area contributed by atoms with Crippen LogP contribution in [0.25, 0.3) is 11.0 Å². The van der Waals surface area contributed by atoms with Gasteiger partial charge in [0.2, 0.25) is 11.8 Å². The molecule has 2 heterocycles. The van der Waals surface area contributed by atoms with E-state index >= 15 is 0 Å². The Bertz CT molecular complexity index is 1090. The van der Waals surface area contributed by atoms with Crippen LogP contribution in [-0.2, 0) is 22.6 Å². The van der Waals surface area contributed by atoms with Gasteiger partial charge in [0, 0.05) is 26.2 Å². The summed E-state index contributed by atoms with van der Waals surface area (Å²) < 4.78 is 15.2. The Morgan fingerprint density at radius 3 is 2.75 bits per heavy atom. The van der Waals surface area contributed by atoms with E-state index in [4.69, 9.17) is 0 Å². The molecule has 0 saturated carbocycles. The Hall–Kier alpha value is -3.22. The number of para-hydroxylation sites is 2. The number of hydrogen-bond donors (Lipinski definition) is 1. The molecule has 32 heavy (non-hydrogen) atoms. The fourth-order valence-corrected chi connectivity index (χ4v) is 4.38. The minimum Gasteiger partial charge on any atom is -0.356 e. The zero-order valence-electron chi connectivity index (χ0n) is 18.4. The molecule has 4 rings (SSSR count). The van der Waals surface area contributed by atoms with Gasteiger partial charge in [-0.1, -0.05) is 24.3 Å². The highest BCUT2D eigenvalue weighted by Gasteiger charge is 2.28. The second-order valence-electron chi connectivity index (χ2n) is 8.43. The molecular formula is C25H29FN4O2. The number of hydrogen-bond acceptors (Lipinski definition) is 3. The number of aryl methyl sites for hydroxylation is 2. The lowest BCUT2D eigenvalue weighted by atomic mass is 9.96. The molecule has 3 aromatic rings. The summed E-state index contributed by atoms with van der Waals surface area (Å²) in [5, 5.41) is 3.05. The molecule has 1 N–H and O–H groups in total. The van der Waals surface area contributed by atoms with E-state index in [1.54, 1.807) is 17.0 Å². The minimum atomic E-state index is -0.313. The molecule has 1 atom stereocenters. The average molecular weight is 437 g/mol. The molecule has 1 aliphatic heterocycles. The maximum atomic E-state index is 13.1. The number of likely N-dealkylation sites (tertiary alicyclic amines) is 1. The number of rotatable bonds is 7. The van der Waals surface area contributed by atoms with E-state index in [-0.39, 0.29) is 30.0 Å². The molecule has 7 heteroatoms. The van der Waals surface area contributed by atoms with Crippen LogP contribution in [0.5, 0.6) is 0 Å². The minimum absolute atomic E-state index is 0.0106. The Morgan fingerprint density at radius 1 is 1.16 bits per heavy atom. The summed E-state index contributed by atoms with van der Waals surface area (Å²) in [6.45, 7) is 4.48. The number of amides is 2. The second-order valence-corrected chi connectivity index (χ2v) is 8.43. The van der Waals surface area contributed by atoms with Crippen molar-refractivity contribution in [2.75, 3.05) is 19.6 Å². The molecular weight excluding hydrogens is 407 g/mol. The van der Waals surface area contributed by atoms with E-state index in [2.05, 4.69) is 20.9 Å². The van der Waals surface area contributed by atoms with E-state index in [9.17, 15) is 14.0 Å². The van der Waals surface area contributed by atoms with E-state index in [1.807, 2.05) is 25.1 Å². The summed E-state index contributed by atoms with van der Waals surface area (Å²) in [5.74, 6) is 0.470. The Balaban J connectivity index is 1.24. The van der Waals surface area contributed by atoms with E-state index in [1.165, 1.54) is 12.1 Å². The van der Waals surface area contributed by atoms with Crippen molar-refractivity contribution >= 4 is 22.8 Å². The van der Waals surface area contributed by atoms with Crippen LogP contribution >= 0.6 is 0 Å². The molecule has 1 aliphatic rings. The SMILES string of the molecule is Cc1nc2ccccc2n1CCCNC(=O)C1CCCN(C(=O)Cc2ccc(F)cc2)C1. The number of imidazole rings is 1. The highest BCUT2D eigenvalue weighted by atomic mass is 19.1. The van der Waals surface area contributed by atoms with Crippen LogP contribution in [0.4, 0.5) is 4.39 Å². The Labute approximate surface area is 187 Å². The molecule has 2 aromatic carbocycles. The van der Waals surface area contributed by atoms with Crippen LogP contribution in [0.1, 0.15) is 30.7 Å². The van der Waals surface area contributed by atoms with Gasteiger partial charge in [-0.05, 0) is 56.0 Å². The van der Waals surface area contributed by atoms with Gasteiger partial charge in [0.25, 0.3) is 0 Å². The number of piperidine rings is 1. The number of benzene rings is 2. The van der Waals surface area contributed by atoms with Gasteiger partial charge in [-0.2, -0.15) is 0 Å². The van der Waals surface area contributed by atoms with Crippen molar-refractivity contribution in [3.63, 3.8) is 0 Å². The summed E-state index contributed by atoms with van der Waals surface area (Å²) in [5.41, 5.74) is 2.88. The molecule has 0 bridgehead atoms. The van der Waals surface area contributed by atoms with Crippen LogP contribution in [0.2, 0.25) is 0 Å². The van der Waals surface area contributed by atoms with Gasteiger partial charge >= 0.3 is 0 Å². The number of aromatic nitrogens is 2. The molecule has 0 aliphatic carbocycles. The first-order valence-corrected chi connectivity index (χ1v) is 11.2. The highest BCUT2D eigenvalue weighted by Crippen LogP contribution is 2.19. The third-order valence-corrected chi connectivity index (χ3v) is 6.12. The quantitative estimate of drug-likeness (QED) is 0.577. The number of carbonyl (C=O) groups excluding carboxylic acids is 2. The van der Waals surface area contributed by atoms with Crippen molar-refractivity contribution in [3.05, 3.63) is 65.7 Å². The normalized spacial score (nSPS) is 16.3. The van der Waals surface area contributed by atoms with Gasteiger partial charge in [-0.25, -0.2) is 9.37 Å². The first kappa shape index (κ1) is 22.0. The summed E-state index contributed by atoms with van der Waals surface area (Å²) in [4.78, 5) is 31.7. The number of nitrogens with zero attached hydrogens (tertiary/aromatic N) is 3. The largest absolute Gasteiger partial charge is 0.356 e. The number of halogens is 1. The first-order chi connectivity index (χ1) is 15.5. The van der Waals surface area contributed by atoms with Crippen LogP contribution in [0, 0.1) is 18.7 Å². The number of nitrogens with one attached hydrogen (secondary N) is 1. The van der Waals surface area contributed by atoms with Gasteiger partial charge < -0.3 is 14.8 Å². The lowest BCUT2D eigenvalue weighted by Gasteiger charge is -2.32.